The maximum absolute atomic E-state index is 13.7. The van der Waals surface area contributed by atoms with E-state index in [9.17, 15) is 14.0 Å². The third kappa shape index (κ3) is 2.92. The van der Waals surface area contributed by atoms with Gasteiger partial charge in [-0.3, -0.25) is 18.6 Å². The highest BCUT2D eigenvalue weighted by Crippen LogP contribution is 2.12. The van der Waals surface area contributed by atoms with E-state index in [1.165, 1.54) is 10.6 Å². The Morgan fingerprint density at radius 3 is 2.78 bits per heavy atom. The fourth-order valence-electron chi connectivity index (χ4n) is 2.95. The van der Waals surface area contributed by atoms with Crippen molar-refractivity contribution in [2.75, 3.05) is 0 Å². The Kier molecular flexibility index (Phi) is 4.11. The molecule has 0 saturated carbocycles. The SMILES string of the molecule is Cc1nnc2c(=O)n(CC(=O)NCc3ccccc3F)c3cccnc3n12. The van der Waals surface area contributed by atoms with Crippen LogP contribution in [-0.2, 0) is 17.9 Å². The van der Waals surface area contributed by atoms with E-state index in [0.717, 1.165) is 0 Å². The fourth-order valence-corrected chi connectivity index (χ4v) is 2.95. The number of carbonyl (C=O) groups excluding carboxylic acids is 1. The first-order chi connectivity index (χ1) is 13.1. The van der Waals surface area contributed by atoms with Gasteiger partial charge in [-0.05, 0) is 25.1 Å². The van der Waals surface area contributed by atoms with Gasteiger partial charge < -0.3 is 5.32 Å². The molecule has 0 spiro atoms. The molecule has 0 saturated heterocycles. The van der Waals surface area contributed by atoms with E-state index >= 15 is 0 Å². The van der Waals surface area contributed by atoms with Crippen molar-refractivity contribution in [1.29, 1.82) is 0 Å². The molecule has 1 amide bonds. The number of halogens is 1. The molecule has 4 rings (SSSR count). The summed E-state index contributed by atoms with van der Waals surface area (Å²) in [7, 11) is 0. The summed E-state index contributed by atoms with van der Waals surface area (Å²) in [5.74, 6) is -0.294. The Balaban J connectivity index is 1.69. The van der Waals surface area contributed by atoms with Crippen molar-refractivity contribution in [3.8, 4) is 0 Å². The van der Waals surface area contributed by atoms with Crippen molar-refractivity contribution in [3.63, 3.8) is 0 Å². The van der Waals surface area contributed by atoms with Gasteiger partial charge in [-0.15, -0.1) is 10.2 Å². The van der Waals surface area contributed by atoms with Crippen molar-refractivity contribution >= 4 is 22.7 Å². The molecule has 1 N–H and O–H groups in total. The van der Waals surface area contributed by atoms with Gasteiger partial charge in [0, 0.05) is 18.3 Å². The number of carbonyl (C=O) groups is 1. The summed E-state index contributed by atoms with van der Waals surface area (Å²) in [6.07, 6.45) is 1.59. The molecule has 0 bridgehead atoms. The number of nitrogens with zero attached hydrogens (tertiary/aromatic N) is 5. The molecule has 136 valence electrons. The van der Waals surface area contributed by atoms with Crippen LogP contribution >= 0.6 is 0 Å². The van der Waals surface area contributed by atoms with Gasteiger partial charge in [0.2, 0.25) is 11.6 Å². The van der Waals surface area contributed by atoms with E-state index < -0.39 is 17.3 Å². The summed E-state index contributed by atoms with van der Waals surface area (Å²) >= 11 is 0. The van der Waals surface area contributed by atoms with E-state index in [-0.39, 0.29) is 18.7 Å². The monoisotopic (exact) mass is 366 g/mol. The Hall–Kier alpha value is -3.62. The number of nitrogens with one attached hydrogen (secondary N) is 1. The van der Waals surface area contributed by atoms with Gasteiger partial charge >= 0.3 is 0 Å². The topological polar surface area (TPSA) is 94.2 Å². The maximum Gasteiger partial charge on any atom is 0.297 e. The number of aromatic nitrogens is 5. The molecule has 0 aliphatic carbocycles. The van der Waals surface area contributed by atoms with Gasteiger partial charge in [0.25, 0.3) is 5.56 Å². The number of fused-ring (bicyclic) bond motifs is 3. The highest BCUT2D eigenvalue weighted by molar-refractivity contribution is 5.80. The zero-order valence-electron chi connectivity index (χ0n) is 14.4. The van der Waals surface area contributed by atoms with Gasteiger partial charge in [0.1, 0.15) is 18.2 Å². The average Bonchev–Trinajstić information content (AvgIpc) is 3.06. The van der Waals surface area contributed by atoms with E-state index in [1.807, 2.05) is 0 Å². The molecule has 0 atom stereocenters. The highest BCUT2D eigenvalue weighted by Gasteiger charge is 2.17. The number of benzene rings is 1. The summed E-state index contributed by atoms with van der Waals surface area (Å²) in [6.45, 7) is 1.51. The van der Waals surface area contributed by atoms with Crippen LogP contribution in [0.25, 0.3) is 16.8 Å². The van der Waals surface area contributed by atoms with Crippen LogP contribution in [0.4, 0.5) is 4.39 Å². The summed E-state index contributed by atoms with van der Waals surface area (Å²) in [4.78, 5) is 29.5. The van der Waals surface area contributed by atoms with Crippen molar-refractivity contribution < 1.29 is 9.18 Å². The molecule has 3 heterocycles. The van der Waals surface area contributed by atoms with Crippen molar-refractivity contribution in [2.45, 2.75) is 20.0 Å². The second-order valence-electron chi connectivity index (χ2n) is 6.01. The minimum absolute atomic E-state index is 0.0305. The fraction of sp³-hybridized carbons (Fsp3) is 0.167. The van der Waals surface area contributed by atoms with Gasteiger partial charge in [-0.2, -0.15) is 0 Å². The van der Waals surface area contributed by atoms with Crippen LogP contribution in [0.5, 0.6) is 0 Å². The predicted octanol–water partition coefficient (Wildman–Crippen LogP) is 1.20. The number of hydrogen-bond donors (Lipinski definition) is 1. The summed E-state index contributed by atoms with van der Waals surface area (Å²) in [6, 6.07) is 9.57. The van der Waals surface area contributed by atoms with Crippen molar-refractivity contribution in [1.82, 2.24) is 29.5 Å². The quantitative estimate of drug-likeness (QED) is 0.586. The third-order valence-corrected chi connectivity index (χ3v) is 4.27. The number of pyridine rings is 1. The molecule has 0 radical (unpaired) electrons. The number of amides is 1. The van der Waals surface area contributed by atoms with Crippen LogP contribution in [0.2, 0.25) is 0 Å². The number of hydrogen-bond acceptors (Lipinski definition) is 5. The van der Waals surface area contributed by atoms with Crippen molar-refractivity contribution in [2.24, 2.45) is 0 Å². The molecule has 4 aromatic rings. The lowest BCUT2D eigenvalue weighted by Crippen LogP contribution is -2.33. The van der Waals surface area contributed by atoms with Crippen LogP contribution in [-0.4, -0.2) is 30.1 Å². The molecule has 1 aromatic carbocycles. The Morgan fingerprint density at radius 1 is 1.15 bits per heavy atom. The van der Waals surface area contributed by atoms with Crippen molar-refractivity contribution in [3.05, 3.63) is 70.2 Å². The van der Waals surface area contributed by atoms with E-state index in [0.29, 0.717) is 22.6 Å². The Morgan fingerprint density at radius 2 is 1.96 bits per heavy atom. The standard InChI is InChI=1S/C18H15FN6O2/c1-11-22-23-17-18(27)24(14-7-4-8-20-16(14)25(11)17)10-15(26)21-9-12-5-2-3-6-13(12)19/h2-8H,9-10H2,1H3,(H,21,26). The first-order valence-corrected chi connectivity index (χ1v) is 8.25. The molecule has 0 fully saturated rings. The van der Waals surface area contributed by atoms with Crippen LogP contribution in [0.15, 0.2) is 47.4 Å². The largest absolute Gasteiger partial charge is 0.350 e. The Bertz CT molecular complexity index is 1230. The second kappa shape index (κ2) is 6.60. The van der Waals surface area contributed by atoms with Gasteiger partial charge in [0.15, 0.2) is 5.65 Å². The molecule has 27 heavy (non-hydrogen) atoms. The molecular weight excluding hydrogens is 351 g/mol. The molecular formula is C18H15FN6O2. The summed E-state index contributed by atoms with van der Waals surface area (Å²) in [5.41, 5.74) is 0.987. The highest BCUT2D eigenvalue weighted by atomic mass is 19.1. The summed E-state index contributed by atoms with van der Waals surface area (Å²) < 4.78 is 16.5. The second-order valence-corrected chi connectivity index (χ2v) is 6.01. The normalized spacial score (nSPS) is 11.2. The van der Waals surface area contributed by atoms with Gasteiger partial charge in [0.05, 0.1) is 5.52 Å². The van der Waals surface area contributed by atoms with E-state index in [4.69, 9.17) is 0 Å². The van der Waals surface area contributed by atoms with Crippen LogP contribution < -0.4 is 10.9 Å². The first-order valence-electron chi connectivity index (χ1n) is 8.25. The minimum Gasteiger partial charge on any atom is -0.350 e. The first kappa shape index (κ1) is 16.8. The van der Waals surface area contributed by atoms with E-state index in [2.05, 4.69) is 20.5 Å². The molecule has 9 heteroatoms. The zero-order chi connectivity index (χ0) is 19.0. The minimum atomic E-state index is -0.447. The molecule has 3 aromatic heterocycles. The van der Waals surface area contributed by atoms with Crippen LogP contribution in [0.1, 0.15) is 11.4 Å². The van der Waals surface area contributed by atoms with Crippen LogP contribution in [0, 0.1) is 12.7 Å². The van der Waals surface area contributed by atoms with Crippen LogP contribution in [0.3, 0.4) is 0 Å². The average molecular weight is 366 g/mol. The third-order valence-electron chi connectivity index (χ3n) is 4.27. The Labute approximate surface area is 152 Å². The predicted molar refractivity (Wildman–Crippen MR) is 95.5 cm³/mol. The lowest BCUT2D eigenvalue weighted by Gasteiger charge is -2.12. The lowest BCUT2D eigenvalue weighted by molar-refractivity contribution is -0.121. The van der Waals surface area contributed by atoms with Gasteiger partial charge in [-0.1, -0.05) is 18.2 Å². The lowest BCUT2D eigenvalue weighted by atomic mass is 10.2. The molecule has 8 nitrogen and oxygen atoms in total. The van der Waals surface area contributed by atoms with E-state index in [1.54, 1.807) is 47.9 Å². The maximum atomic E-state index is 13.7. The summed E-state index contributed by atoms with van der Waals surface area (Å²) in [5, 5.41) is 10.5. The smallest absolute Gasteiger partial charge is 0.297 e. The molecule has 0 aliphatic heterocycles. The zero-order valence-corrected chi connectivity index (χ0v) is 14.4. The molecule has 0 aliphatic rings. The van der Waals surface area contributed by atoms with Gasteiger partial charge in [-0.25, -0.2) is 9.37 Å². The number of aryl methyl sites for hydroxylation is 1. The molecule has 0 unspecified atom stereocenters. The number of rotatable bonds is 4.